The minimum absolute atomic E-state index is 0.0535. The second kappa shape index (κ2) is 10.3. The van der Waals surface area contributed by atoms with Crippen LogP contribution in [0.1, 0.15) is 36.0 Å². The van der Waals surface area contributed by atoms with E-state index < -0.39 is 0 Å². The van der Waals surface area contributed by atoms with Crippen molar-refractivity contribution in [3.63, 3.8) is 0 Å². The van der Waals surface area contributed by atoms with E-state index in [4.69, 9.17) is 4.74 Å². The van der Waals surface area contributed by atoms with Crippen molar-refractivity contribution in [1.29, 1.82) is 0 Å². The van der Waals surface area contributed by atoms with Crippen molar-refractivity contribution in [3.05, 3.63) is 65.5 Å². The summed E-state index contributed by atoms with van der Waals surface area (Å²) in [7, 11) is 1.36. The van der Waals surface area contributed by atoms with Crippen LogP contribution in [-0.4, -0.2) is 35.4 Å². The molecule has 5 nitrogen and oxygen atoms in total. The largest absolute Gasteiger partial charge is 0.469 e. The fourth-order valence-corrected chi connectivity index (χ4v) is 2.69. The van der Waals surface area contributed by atoms with Gasteiger partial charge in [0, 0.05) is 31.9 Å². The Bertz CT molecular complexity index is 699. The van der Waals surface area contributed by atoms with Crippen LogP contribution in [0.4, 0.5) is 0 Å². The fraction of sp³-hybridized carbons (Fsp3) is 0.381. The summed E-state index contributed by atoms with van der Waals surface area (Å²) in [5.74, 6) is -0.255. The van der Waals surface area contributed by atoms with Gasteiger partial charge in [-0.15, -0.1) is 0 Å². The van der Waals surface area contributed by atoms with Gasteiger partial charge >= 0.3 is 5.97 Å². The molecule has 0 saturated carbocycles. The van der Waals surface area contributed by atoms with Gasteiger partial charge in [-0.25, -0.2) is 0 Å². The normalized spacial score (nSPS) is 10.4. The number of methoxy groups -OCH3 is 1. The lowest BCUT2D eigenvalue weighted by Crippen LogP contribution is -2.32. The predicted octanol–water partition coefficient (Wildman–Crippen LogP) is 3.30. The number of carbonyl (C=O) groups excluding carboxylic acids is 2. The fourth-order valence-electron chi connectivity index (χ4n) is 2.69. The van der Waals surface area contributed by atoms with Gasteiger partial charge in [-0.3, -0.25) is 14.6 Å². The number of rotatable bonds is 9. The Morgan fingerprint density at radius 2 is 1.69 bits per heavy atom. The highest BCUT2D eigenvalue weighted by Crippen LogP contribution is 2.11. The number of carbonyl (C=O) groups is 2. The zero-order chi connectivity index (χ0) is 18.8. The summed E-state index contributed by atoms with van der Waals surface area (Å²) in [4.78, 5) is 29.8. The quantitative estimate of drug-likeness (QED) is 0.648. The van der Waals surface area contributed by atoms with Crippen molar-refractivity contribution in [1.82, 2.24) is 9.88 Å². The van der Waals surface area contributed by atoms with Crippen molar-refractivity contribution in [2.45, 2.75) is 39.2 Å². The number of nitrogens with zero attached hydrogens (tertiary/aromatic N) is 2. The Morgan fingerprint density at radius 3 is 2.35 bits per heavy atom. The molecule has 1 aromatic carbocycles. The molecule has 0 atom stereocenters. The summed E-state index contributed by atoms with van der Waals surface area (Å²) in [6.45, 7) is 2.90. The van der Waals surface area contributed by atoms with E-state index in [0.717, 1.165) is 18.4 Å². The first-order valence-electron chi connectivity index (χ1n) is 8.87. The molecule has 0 aliphatic heterocycles. The SMILES string of the molecule is COC(=O)CCN(Cc1ccncc1)C(=O)CCCc1ccc(C)cc1. The van der Waals surface area contributed by atoms with Crippen molar-refractivity contribution >= 4 is 11.9 Å². The lowest BCUT2D eigenvalue weighted by atomic mass is 10.1. The number of hydrogen-bond acceptors (Lipinski definition) is 4. The molecular weight excluding hydrogens is 328 g/mol. The highest BCUT2D eigenvalue weighted by Gasteiger charge is 2.15. The third-order valence-electron chi connectivity index (χ3n) is 4.27. The van der Waals surface area contributed by atoms with Gasteiger partial charge < -0.3 is 9.64 Å². The zero-order valence-electron chi connectivity index (χ0n) is 15.5. The minimum atomic E-state index is -0.308. The Kier molecular flexibility index (Phi) is 7.80. The molecule has 0 spiro atoms. The number of pyridine rings is 1. The van der Waals surface area contributed by atoms with Crippen molar-refractivity contribution < 1.29 is 14.3 Å². The lowest BCUT2D eigenvalue weighted by Gasteiger charge is -2.22. The van der Waals surface area contributed by atoms with Gasteiger partial charge in [0.2, 0.25) is 5.91 Å². The van der Waals surface area contributed by atoms with Crippen LogP contribution < -0.4 is 0 Å². The van der Waals surface area contributed by atoms with Crippen LogP contribution in [0, 0.1) is 6.92 Å². The Hall–Kier alpha value is -2.69. The van der Waals surface area contributed by atoms with E-state index in [1.807, 2.05) is 12.1 Å². The summed E-state index contributed by atoms with van der Waals surface area (Å²) >= 11 is 0. The maximum absolute atomic E-state index is 12.7. The molecule has 0 bridgehead atoms. The maximum atomic E-state index is 12.7. The van der Waals surface area contributed by atoms with Gasteiger partial charge in [0.1, 0.15) is 0 Å². The van der Waals surface area contributed by atoms with E-state index in [2.05, 4.69) is 36.2 Å². The molecule has 26 heavy (non-hydrogen) atoms. The highest BCUT2D eigenvalue weighted by molar-refractivity contribution is 5.77. The molecule has 1 amide bonds. The molecule has 138 valence electrons. The minimum Gasteiger partial charge on any atom is -0.469 e. The van der Waals surface area contributed by atoms with Gasteiger partial charge in [-0.2, -0.15) is 0 Å². The lowest BCUT2D eigenvalue weighted by molar-refractivity contribution is -0.142. The van der Waals surface area contributed by atoms with Crippen LogP contribution in [0.15, 0.2) is 48.8 Å². The molecule has 2 aromatic rings. The van der Waals surface area contributed by atoms with Gasteiger partial charge in [-0.1, -0.05) is 29.8 Å². The van der Waals surface area contributed by atoms with Crippen molar-refractivity contribution in [3.8, 4) is 0 Å². The van der Waals surface area contributed by atoms with E-state index in [-0.39, 0.29) is 18.3 Å². The molecule has 0 fully saturated rings. The van der Waals surface area contributed by atoms with Gasteiger partial charge in [0.25, 0.3) is 0 Å². The van der Waals surface area contributed by atoms with Crippen molar-refractivity contribution in [2.24, 2.45) is 0 Å². The molecule has 0 aliphatic rings. The molecule has 0 unspecified atom stereocenters. The average molecular weight is 354 g/mol. The van der Waals surface area contributed by atoms with E-state index >= 15 is 0 Å². The average Bonchev–Trinajstić information content (AvgIpc) is 2.67. The van der Waals surface area contributed by atoms with E-state index in [1.165, 1.54) is 18.2 Å². The topological polar surface area (TPSA) is 59.5 Å². The molecule has 0 aliphatic carbocycles. The first-order valence-corrected chi connectivity index (χ1v) is 8.87. The molecule has 5 heteroatoms. The molecule has 2 rings (SSSR count). The third-order valence-corrected chi connectivity index (χ3v) is 4.27. The first-order chi connectivity index (χ1) is 12.6. The molecule has 0 saturated heterocycles. The van der Waals surface area contributed by atoms with Crippen LogP contribution in [0.2, 0.25) is 0 Å². The number of amides is 1. The Labute approximate surface area is 155 Å². The monoisotopic (exact) mass is 354 g/mol. The highest BCUT2D eigenvalue weighted by atomic mass is 16.5. The van der Waals surface area contributed by atoms with Crippen LogP contribution in [-0.2, 0) is 27.3 Å². The summed E-state index contributed by atoms with van der Waals surface area (Å²) in [5.41, 5.74) is 3.46. The molecular formula is C21H26N2O3. The molecule has 0 N–H and O–H groups in total. The summed E-state index contributed by atoms with van der Waals surface area (Å²) < 4.78 is 4.69. The van der Waals surface area contributed by atoms with E-state index in [0.29, 0.717) is 19.5 Å². The standard InChI is InChI=1S/C21H26N2O3/c1-17-6-8-18(9-7-17)4-3-5-20(24)23(15-12-21(25)26-2)16-19-10-13-22-14-11-19/h6-11,13-14H,3-5,12,15-16H2,1-2H3. The van der Waals surface area contributed by atoms with Crippen LogP contribution in [0.5, 0.6) is 0 Å². The Balaban J connectivity index is 1.90. The number of aromatic nitrogens is 1. The third kappa shape index (κ3) is 6.67. The predicted molar refractivity (Wildman–Crippen MR) is 100 cm³/mol. The van der Waals surface area contributed by atoms with Crippen LogP contribution in [0.3, 0.4) is 0 Å². The number of hydrogen-bond donors (Lipinski definition) is 0. The van der Waals surface area contributed by atoms with Gasteiger partial charge in [-0.05, 0) is 43.0 Å². The van der Waals surface area contributed by atoms with Gasteiger partial charge in [0.15, 0.2) is 0 Å². The second-order valence-corrected chi connectivity index (χ2v) is 6.34. The zero-order valence-corrected chi connectivity index (χ0v) is 15.5. The van der Waals surface area contributed by atoms with E-state index in [1.54, 1.807) is 17.3 Å². The number of benzene rings is 1. The Morgan fingerprint density at radius 1 is 1.00 bits per heavy atom. The summed E-state index contributed by atoms with van der Waals surface area (Å²) in [6, 6.07) is 12.1. The van der Waals surface area contributed by atoms with Crippen molar-refractivity contribution in [2.75, 3.05) is 13.7 Å². The maximum Gasteiger partial charge on any atom is 0.307 e. The molecule has 1 heterocycles. The number of aryl methyl sites for hydroxylation is 2. The number of esters is 1. The first kappa shape index (κ1) is 19.6. The van der Waals surface area contributed by atoms with Crippen LogP contribution in [0.25, 0.3) is 0 Å². The molecule has 1 aromatic heterocycles. The molecule has 0 radical (unpaired) electrons. The second-order valence-electron chi connectivity index (χ2n) is 6.34. The van der Waals surface area contributed by atoms with E-state index in [9.17, 15) is 9.59 Å². The summed E-state index contributed by atoms with van der Waals surface area (Å²) in [6.07, 6.45) is 5.72. The number of ether oxygens (including phenoxy) is 1. The van der Waals surface area contributed by atoms with Crippen LogP contribution >= 0.6 is 0 Å². The smallest absolute Gasteiger partial charge is 0.307 e. The summed E-state index contributed by atoms with van der Waals surface area (Å²) in [5, 5.41) is 0. The van der Waals surface area contributed by atoms with Gasteiger partial charge in [0.05, 0.1) is 13.5 Å².